The van der Waals surface area contributed by atoms with Crippen LogP contribution in [0.3, 0.4) is 0 Å². The van der Waals surface area contributed by atoms with E-state index in [2.05, 4.69) is 76.1 Å². The molecule has 1 unspecified atom stereocenters. The van der Waals surface area contributed by atoms with Gasteiger partial charge in [-0.3, -0.25) is 0 Å². The molecule has 1 aromatic carbocycles. The van der Waals surface area contributed by atoms with Gasteiger partial charge in [0.1, 0.15) is 0 Å². The Labute approximate surface area is 152 Å². The van der Waals surface area contributed by atoms with Crippen molar-refractivity contribution in [1.29, 1.82) is 0 Å². The minimum absolute atomic E-state index is 0.179. The molecule has 21 heavy (non-hydrogen) atoms. The molecular weight excluding hydrogens is 434 g/mol. The Balaban J connectivity index is 2.50. The molecule has 2 rings (SSSR count). The first-order valence-electron chi connectivity index (χ1n) is 6.88. The van der Waals surface area contributed by atoms with Crippen LogP contribution < -0.4 is 5.32 Å². The van der Waals surface area contributed by atoms with Crippen LogP contribution in [0.15, 0.2) is 25.8 Å². The molecule has 0 radical (unpaired) electrons. The summed E-state index contributed by atoms with van der Waals surface area (Å²) in [4.78, 5) is 0. The van der Waals surface area contributed by atoms with Gasteiger partial charge in [-0.1, -0.05) is 24.6 Å². The highest BCUT2D eigenvalue weighted by molar-refractivity contribution is 9.12. The zero-order valence-electron chi connectivity index (χ0n) is 12.3. The van der Waals surface area contributed by atoms with E-state index >= 15 is 0 Å². The summed E-state index contributed by atoms with van der Waals surface area (Å²) in [7, 11) is 0. The average molecular weight is 452 g/mol. The summed E-state index contributed by atoms with van der Waals surface area (Å²) in [5.41, 5.74) is 4.89. The second-order valence-electron chi connectivity index (χ2n) is 5.12. The van der Waals surface area contributed by atoms with Crippen molar-refractivity contribution < 1.29 is 0 Å². The van der Waals surface area contributed by atoms with E-state index < -0.39 is 0 Å². The summed E-state index contributed by atoms with van der Waals surface area (Å²) in [6.07, 6.45) is 1.10. The molecule has 0 bridgehead atoms. The van der Waals surface area contributed by atoms with E-state index in [4.69, 9.17) is 11.6 Å². The highest BCUT2D eigenvalue weighted by Crippen LogP contribution is 2.39. The SMILES string of the molecule is CCCNC(c1cc(C)c(Cl)cc1C)c1cc(Br)sc1Br. The van der Waals surface area contributed by atoms with E-state index in [0.29, 0.717) is 0 Å². The molecule has 1 heterocycles. The molecule has 0 aliphatic heterocycles. The summed E-state index contributed by atoms with van der Waals surface area (Å²) in [5, 5.41) is 4.49. The quantitative estimate of drug-likeness (QED) is 0.538. The molecule has 0 fully saturated rings. The summed E-state index contributed by atoms with van der Waals surface area (Å²) in [6, 6.07) is 6.62. The second kappa shape index (κ2) is 7.60. The topological polar surface area (TPSA) is 12.0 Å². The van der Waals surface area contributed by atoms with Crippen LogP contribution in [-0.4, -0.2) is 6.54 Å². The summed E-state index contributed by atoms with van der Waals surface area (Å²) in [5.74, 6) is 0. The summed E-state index contributed by atoms with van der Waals surface area (Å²) >= 11 is 15.2. The van der Waals surface area contributed by atoms with E-state index in [1.807, 2.05) is 0 Å². The fraction of sp³-hybridized carbons (Fsp3) is 0.375. The van der Waals surface area contributed by atoms with Crippen LogP contribution in [-0.2, 0) is 0 Å². The van der Waals surface area contributed by atoms with Crippen LogP contribution in [0.4, 0.5) is 0 Å². The van der Waals surface area contributed by atoms with Crippen LogP contribution >= 0.6 is 54.8 Å². The van der Waals surface area contributed by atoms with Crippen molar-refractivity contribution in [2.45, 2.75) is 33.2 Å². The lowest BCUT2D eigenvalue weighted by Crippen LogP contribution is -2.24. The Morgan fingerprint density at radius 1 is 1.14 bits per heavy atom. The number of benzene rings is 1. The first kappa shape index (κ1) is 17.5. The lowest BCUT2D eigenvalue weighted by Gasteiger charge is -2.22. The fourth-order valence-corrected chi connectivity index (χ4v) is 5.46. The van der Waals surface area contributed by atoms with E-state index in [9.17, 15) is 0 Å². The minimum Gasteiger partial charge on any atom is -0.306 e. The molecule has 0 aliphatic rings. The summed E-state index contributed by atoms with van der Waals surface area (Å²) in [6.45, 7) is 7.34. The number of hydrogen-bond donors (Lipinski definition) is 1. The van der Waals surface area contributed by atoms with Crippen LogP contribution in [0, 0.1) is 13.8 Å². The molecule has 1 aromatic heterocycles. The molecule has 0 spiro atoms. The third-order valence-electron chi connectivity index (χ3n) is 3.45. The maximum Gasteiger partial charge on any atom is 0.0761 e. The highest BCUT2D eigenvalue weighted by Gasteiger charge is 2.21. The van der Waals surface area contributed by atoms with Crippen molar-refractivity contribution in [3.8, 4) is 0 Å². The Morgan fingerprint density at radius 3 is 2.43 bits per heavy atom. The first-order valence-corrected chi connectivity index (χ1v) is 9.66. The van der Waals surface area contributed by atoms with Gasteiger partial charge in [0.15, 0.2) is 0 Å². The lowest BCUT2D eigenvalue weighted by molar-refractivity contribution is 0.596. The number of rotatable bonds is 5. The van der Waals surface area contributed by atoms with E-state index in [1.165, 1.54) is 16.7 Å². The number of hydrogen-bond acceptors (Lipinski definition) is 2. The Kier molecular flexibility index (Phi) is 6.33. The third-order valence-corrected chi connectivity index (χ3v) is 6.24. The normalized spacial score (nSPS) is 12.7. The van der Waals surface area contributed by atoms with E-state index in [0.717, 1.165) is 31.1 Å². The van der Waals surface area contributed by atoms with Gasteiger partial charge >= 0.3 is 0 Å². The predicted octanol–water partition coefficient (Wildman–Crippen LogP) is 6.63. The Bertz CT molecular complexity index is 639. The Morgan fingerprint density at radius 2 is 1.86 bits per heavy atom. The lowest BCUT2D eigenvalue weighted by atomic mass is 9.95. The van der Waals surface area contributed by atoms with E-state index in [1.54, 1.807) is 11.3 Å². The van der Waals surface area contributed by atoms with Crippen LogP contribution in [0.2, 0.25) is 5.02 Å². The molecule has 0 aliphatic carbocycles. The fourth-order valence-electron chi connectivity index (χ4n) is 2.34. The van der Waals surface area contributed by atoms with Crippen molar-refractivity contribution in [2.75, 3.05) is 6.54 Å². The average Bonchev–Trinajstić information content (AvgIpc) is 2.75. The third kappa shape index (κ3) is 4.11. The predicted molar refractivity (Wildman–Crippen MR) is 101 cm³/mol. The molecular formula is C16H18Br2ClNS. The second-order valence-corrected chi connectivity index (χ2v) is 9.28. The molecule has 0 amide bonds. The van der Waals surface area contributed by atoms with Gasteiger partial charge in [-0.15, -0.1) is 11.3 Å². The van der Waals surface area contributed by atoms with Crippen molar-refractivity contribution in [1.82, 2.24) is 5.32 Å². The summed E-state index contributed by atoms with van der Waals surface area (Å²) < 4.78 is 2.30. The zero-order chi connectivity index (χ0) is 15.6. The molecule has 1 atom stereocenters. The van der Waals surface area contributed by atoms with Gasteiger partial charge in [0.25, 0.3) is 0 Å². The number of aryl methyl sites for hydroxylation is 2. The zero-order valence-corrected chi connectivity index (χ0v) is 17.0. The molecule has 1 N–H and O–H groups in total. The van der Waals surface area contributed by atoms with Gasteiger partial charge in [-0.25, -0.2) is 0 Å². The van der Waals surface area contributed by atoms with Gasteiger partial charge in [-0.05, 0) is 93.1 Å². The molecule has 1 nitrogen and oxygen atoms in total. The highest BCUT2D eigenvalue weighted by atomic mass is 79.9. The van der Waals surface area contributed by atoms with Gasteiger partial charge in [0.2, 0.25) is 0 Å². The standard InChI is InChI=1S/C16H18Br2ClNS/c1-4-5-20-15(12-8-14(17)21-16(12)18)11-6-10(3)13(19)7-9(11)2/h6-8,15,20H,4-5H2,1-3H3. The number of thiophene rings is 1. The van der Waals surface area contributed by atoms with Gasteiger partial charge in [-0.2, -0.15) is 0 Å². The van der Waals surface area contributed by atoms with Gasteiger partial charge < -0.3 is 5.32 Å². The minimum atomic E-state index is 0.179. The Hall–Kier alpha value is 0.130. The first-order chi connectivity index (χ1) is 9.93. The molecule has 2 aromatic rings. The molecule has 5 heteroatoms. The van der Waals surface area contributed by atoms with Crippen LogP contribution in [0.1, 0.15) is 41.6 Å². The number of nitrogens with one attached hydrogen (secondary N) is 1. The van der Waals surface area contributed by atoms with Gasteiger partial charge in [0, 0.05) is 5.02 Å². The van der Waals surface area contributed by atoms with E-state index in [-0.39, 0.29) is 6.04 Å². The molecule has 0 saturated carbocycles. The molecule has 114 valence electrons. The van der Waals surface area contributed by atoms with Crippen molar-refractivity contribution in [3.05, 3.63) is 53.0 Å². The van der Waals surface area contributed by atoms with Crippen LogP contribution in [0.5, 0.6) is 0 Å². The van der Waals surface area contributed by atoms with Crippen molar-refractivity contribution >= 4 is 54.8 Å². The van der Waals surface area contributed by atoms with Gasteiger partial charge in [0.05, 0.1) is 13.6 Å². The molecule has 0 saturated heterocycles. The maximum atomic E-state index is 6.24. The smallest absolute Gasteiger partial charge is 0.0761 e. The van der Waals surface area contributed by atoms with Crippen LogP contribution in [0.25, 0.3) is 0 Å². The number of halogens is 3. The maximum absolute atomic E-state index is 6.24. The van der Waals surface area contributed by atoms with Crippen molar-refractivity contribution in [3.63, 3.8) is 0 Å². The van der Waals surface area contributed by atoms with Crippen molar-refractivity contribution in [2.24, 2.45) is 0 Å². The largest absolute Gasteiger partial charge is 0.306 e. The monoisotopic (exact) mass is 449 g/mol.